The van der Waals surface area contributed by atoms with Crippen molar-refractivity contribution in [1.82, 2.24) is 4.57 Å². The molecule has 21 heavy (non-hydrogen) atoms. The van der Waals surface area contributed by atoms with Crippen LogP contribution in [0.15, 0.2) is 47.4 Å². The Morgan fingerprint density at radius 1 is 1.19 bits per heavy atom. The Bertz CT molecular complexity index is 732. The molecular weight excluding hydrogens is 266 g/mol. The first kappa shape index (κ1) is 14.8. The molecule has 0 aliphatic carbocycles. The summed E-state index contributed by atoms with van der Waals surface area (Å²) >= 11 is 0. The molecule has 1 heterocycles. The van der Waals surface area contributed by atoms with Gasteiger partial charge in [-0.25, -0.2) is 0 Å². The standard InChI is InChI=1S/C16H19N3O2/c1-11-8-9-14(20)19(10-11)16(2,3)15(21)18-13-7-5-4-6-12(13)17/h4-10H,17H2,1-3H3,(H,18,21). The summed E-state index contributed by atoms with van der Waals surface area (Å²) in [7, 11) is 0. The number of pyridine rings is 1. The smallest absolute Gasteiger partial charge is 0.251 e. The van der Waals surface area contributed by atoms with Gasteiger partial charge in [0.15, 0.2) is 0 Å². The summed E-state index contributed by atoms with van der Waals surface area (Å²) in [5.41, 5.74) is 6.51. The SMILES string of the molecule is Cc1ccc(=O)n(C(C)(C)C(=O)Nc2ccccc2N)c1. The van der Waals surface area contributed by atoms with Crippen LogP contribution in [0.3, 0.4) is 0 Å². The number of benzene rings is 1. The second kappa shape index (κ2) is 5.44. The van der Waals surface area contributed by atoms with Gasteiger partial charge in [-0.05, 0) is 38.5 Å². The van der Waals surface area contributed by atoms with Gasteiger partial charge < -0.3 is 15.6 Å². The average Bonchev–Trinajstić information content (AvgIpc) is 2.43. The summed E-state index contributed by atoms with van der Waals surface area (Å²) in [4.78, 5) is 24.5. The summed E-state index contributed by atoms with van der Waals surface area (Å²) < 4.78 is 1.43. The molecule has 5 nitrogen and oxygen atoms in total. The number of rotatable bonds is 3. The third-order valence-corrected chi connectivity index (χ3v) is 3.43. The molecule has 0 aliphatic rings. The molecule has 2 aromatic rings. The number of para-hydroxylation sites is 2. The molecule has 1 aromatic heterocycles. The molecule has 0 saturated heterocycles. The Morgan fingerprint density at radius 2 is 1.86 bits per heavy atom. The van der Waals surface area contributed by atoms with E-state index >= 15 is 0 Å². The van der Waals surface area contributed by atoms with Crippen molar-refractivity contribution in [2.24, 2.45) is 0 Å². The van der Waals surface area contributed by atoms with E-state index in [-0.39, 0.29) is 11.5 Å². The van der Waals surface area contributed by atoms with E-state index in [1.807, 2.05) is 6.92 Å². The van der Waals surface area contributed by atoms with Crippen molar-refractivity contribution in [3.63, 3.8) is 0 Å². The van der Waals surface area contributed by atoms with Crippen LogP contribution >= 0.6 is 0 Å². The van der Waals surface area contributed by atoms with Gasteiger partial charge in [0, 0.05) is 12.3 Å². The maximum absolute atomic E-state index is 12.5. The van der Waals surface area contributed by atoms with Crippen LogP contribution in [0.5, 0.6) is 0 Å². The van der Waals surface area contributed by atoms with Crippen molar-refractivity contribution < 1.29 is 4.79 Å². The van der Waals surface area contributed by atoms with Crippen molar-refractivity contribution in [1.29, 1.82) is 0 Å². The first-order valence-corrected chi connectivity index (χ1v) is 6.68. The minimum absolute atomic E-state index is 0.221. The van der Waals surface area contributed by atoms with E-state index < -0.39 is 5.54 Å². The highest BCUT2D eigenvalue weighted by Gasteiger charge is 2.30. The fourth-order valence-electron chi connectivity index (χ4n) is 2.03. The van der Waals surface area contributed by atoms with Crippen molar-refractivity contribution in [2.45, 2.75) is 26.3 Å². The molecule has 0 saturated carbocycles. The number of nitrogens with two attached hydrogens (primary N) is 1. The summed E-state index contributed by atoms with van der Waals surface area (Å²) in [5.74, 6) is -0.298. The zero-order chi connectivity index (χ0) is 15.6. The van der Waals surface area contributed by atoms with E-state index in [4.69, 9.17) is 5.73 Å². The van der Waals surface area contributed by atoms with Gasteiger partial charge in [-0.15, -0.1) is 0 Å². The van der Waals surface area contributed by atoms with Crippen LogP contribution in [0, 0.1) is 6.92 Å². The van der Waals surface area contributed by atoms with Crippen LogP contribution < -0.4 is 16.6 Å². The van der Waals surface area contributed by atoms with E-state index in [0.29, 0.717) is 11.4 Å². The Morgan fingerprint density at radius 3 is 2.52 bits per heavy atom. The number of nitrogen functional groups attached to an aromatic ring is 1. The molecule has 5 heteroatoms. The summed E-state index contributed by atoms with van der Waals surface area (Å²) in [5, 5.41) is 2.77. The van der Waals surface area contributed by atoms with E-state index in [1.54, 1.807) is 50.4 Å². The molecule has 110 valence electrons. The van der Waals surface area contributed by atoms with Crippen LogP contribution in [0.25, 0.3) is 0 Å². The normalized spacial score (nSPS) is 11.2. The summed E-state index contributed by atoms with van der Waals surface area (Å²) in [6, 6.07) is 10.2. The number of aryl methyl sites for hydroxylation is 1. The van der Waals surface area contributed by atoms with E-state index in [9.17, 15) is 9.59 Å². The number of aromatic nitrogens is 1. The zero-order valence-electron chi connectivity index (χ0n) is 12.4. The largest absolute Gasteiger partial charge is 0.397 e. The number of amides is 1. The summed E-state index contributed by atoms with van der Waals surface area (Å²) in [6.07, 6.45) is 1.68. The van der Waals surface area contributed by atoms with Crippen molar-refractivity contribution in [3.8, 4) is 0 Å². The Labute approximate surface area is 123 Å². The number of hydrogen-bond donors (Lipinski definition) is 2. The molecule has 0 bridgehead atoms. The molecule has 0 unspecified atom stereocenters. The topological polar surface area (TPSA) is 77.1 Å². The Balaban J connectivity index is 2.35. The van der Waals surface area contributed by atoms with Crippen LogP contribution in [0.2, 0.25) is 0 Å². The fraction of sp³-hybridized carbons (Fsp3) is 0.250. The number of carbonyl (C=O) groups excluding carboxylic acids is 1. The van der Waals surface area contributed by atoms with Gasteiger partial charge in [-0.3, -0.25) is 9.59 Å². The maximum Gasteiger partial charge on any atom is 0.251 e. The lowest BCUT2D eigenvalue weighted by molar-refractivity contribution is -0.123. The lowest BCUT2D eigenvalue weighted by Gasteiger charge is -2.27. The van der Waals surface area contributed by atoms with Gasteiger partial charge in [0.1, 0.15) is 5.54 Å². The van der Waals surface area contributed by atoms with Crippen LogP contribution in [-0.2, 0) is 10.3 Å². The van der Waals surface area contributed by atoms with Gasteiger partial charge in [-0.2, -0.15) is 0 Å². The Hall–Kier alpha value is -2.56. The molecular formula is C16H19N3O2. The van der Waals surface area contributed by atoms with E-state index in [0.717, 1.165) is 5.56 Å². The van der Waals surface area contributed by atoms with E-state index in [2.05, 4.69) is 5.32 Å². The number of nitrogens with zero attached hydrogens (tertiary/aromatic N) is 1. The number of hydrogen-bond acceptors (Lipinski definition) is 3. The molecule has 0 atom stereocenters. The highest BCUT2D eigenvalue weighted by atomic mass is 16.2. The third kappa shape index (κ3) is 2.97. The van der Waals surface area contributed by atoms with Crippen LogP contribution in [0.4, 0.5) is 11.4 Å². The second-order valence-corrected chi connectivity index (χ2v) is 5.52. The number of anilines is 2. The molecule has 3 N–H and O–H groups in total. The van der Waals surface area contributed by atoms with Gasteiger partial charge in [0.25, 0.3) is 5.56 Å². The van der Waals surface area contributed by atoms with Gasteiger partial charge in [0.05, 0.1) is 11.4 Å². The molecule has 0 radical (unpaired) electrons. The predicted molar refractivity (Wildman–Crippen MR) is 84.2 cm³/mol. The zero-order valence-corrected chi connectivity index (χ0v) is 12.4. The quantitative estimate of drug-likeness (QED) is 0.848. The first-order valence-electron chi connectivity index (χ1n) is 6.68. The second-order valence-electron chi connectivity index (χ2n) is 5.52. The number of nitrogens with one attached hydrogen (secondary N) is 1. The maximum atomic E-state index is 12.5. The molecule has 0 fully saturated rings. The average molecular weight is 285 g/mol. The Kier molecular flexibility index (Phi) is 3.84. The monoisotopic (exact) mass is 285 g/mol. The highest BCUT2D eigenvalue weighted by Crippen LogP contribution is 2.21. The summed E-state index contributed by atoms with van der Waals surface area (Å²) in [6.45, 7) is 5.27. The first-order chi connectivity index (χ1) is 9.82. The van der Waals surface area contributed by atoms with Crippen LogP contribution in [0.1, 0.15) is 19.4 Å². The van der Waals surface area contributed by atoms with Crippen molar-refractivity contribution >= 4 is 17.3 Å². The molecule has 0 aliphatic heterocycles. The van der Waals surface area contributed by atoms with Gasteiger partial charge in [0.2, 0.25) is 5.91 Å². The number of carbonyl (C=O) groups is 1. The van der Waals surface area contributed by atoms with Gasteiger partial charge >= 0.3 is 0 Å². The molecule has 2 rings (SSSR count). The van der Waals surface area contributed by atoms with Crippen molar-refractivity contribution in [2.75, 3.05) is 11.1 Å². The third-order valence-electron chi connectivity index (χ3n) is 3.43. The fourth-order valence-corrected chi connectivity index (χ4v) is 2.03. The minimum Gasteiger partial charge on any atom is -0.397 e. The lowest BCUT2D eigenvalue weighted by Crippen LogP contribution is -2.45. The predicted octanol–water partition coefficient (Wildman–Crippen LogP) is 2.11. The molecule has 1 amide bonds. The molecule has 0 spiro atoms. The van der Waals surface area contributed by atoms with Crippen molar-refractivity contribution in [3.05, 3.63) is 58.5 Å². The van der Waals surface area contributed by atoms with E-state index in [1.165, 1.54) is 10.6 Å². The molecule has 1 aromatic carbocycles. The highest BCUT2D eigenvalue weighted by molar-refractivity contribution is 5.98. The van der Waals surface area contributed by atoms with Gasteiger partial charge in [-0.1, -0.05) is 18.2 Å². The van der Waals surface area contributed by atoms with Crippen LogP contribution in [-0.4, -0.2) is 10.5 Å². The minimum atomic E-state index is -1.02. The lowest BCUT2D eigenvalue weighted by atomic mass is 10.0.